The number of aliphatic hydroxyl groups is 1. The third-order valence-electron chi connectivity index (χ3n) is 7.67. The number of ether oxygens (including phenoxy) is 1. The summed E-state index contributed by atoms with van der Waals surface area (Å²) < 4.78 is 5.00. The van der Waals surface area contributed by atoms with Crippen molar-refractivity contribution >= 4 is 17.4 Å². The highest BCUT2D eigenvalue weighted by Crippen LogP contribution is 2.67. The SMILES string of the molecule is C/C=C1/C[N+]2([O-])CC[C@]34C(=Nc5ccccc53)[C@@H]2C[C@H]1[C@]4(CO)C(=O)OC. The molecule has 1 N–H and O–H groups in total. The Kier molecular flexibility index (Phi) is 3.34. The Balaban J connectivity index is 1.88. The van der Waals surface area contributed by atoms with Crippen molar-refractivity contribution in [3.8, 4) is 0 Å². The van der Waals surface area contributed by atoms with Crippen LogP contribution in [0.4, 0.5) is 5.69 Å². The number of piperidine rings is 2. The van der Waals surface area contributed by atoms with Crippen LogP contribution in [0.25, 0.3) is 0 Å². The fraction of sp³-hybridized carbons (Fsp3) is 0.524. The summed E-state index contributed by atoms with van der Waals surface area (Å²) in [6.07, 6.45) is 3.00. The monoisotopic (exact) mass is 368 g/mol. The molecule has 5 atom stereocenters. The van der Waals surface area contributed by atoms with E-state index in [2.05, 4.69) is 0 Å². The van der Waals surface area contributed by atoms with Crippen molar-refractivity contribution in [3.63, 3.8) is 0 Å². The average Bonchev–Trinajstić information content (AvgIpc) is 3.04. The highest BCUT2D eigenvalue weighted by atomic mass is 16.5. The van der Waals surface area contributed by atoms with Gasteiger partial charge in [0.05, 0.1) is 37.1 Å². The molecule has 1 aromatic rings. The topological polar surface area (TPSA) is 82.0 Å². The molecule has 1 unspecified atom stereocenters. The maximum absolute atomic E-state index is 13.7. The molecule has 27 heavy (non-hydrogen) atoms. The van der Waals surface area contributed by atoms with E-state index >= 15 is 0 Å². The van der Waals surface area contributed by atoms with Gasteiger partial charge >= 0.3 is 5.97 Å². The van der Waals surface area contributed by atoms with Gasteiger partial charge < -0.3 is 19.7 Å². The number of aliphatic imine (C=N–C) groups is 1. The van der Waals surface area contributed by atoms with Crippen LogP contribution in [0.1, 0.15) is 25.3 Å². The molecule has 6 nitrogen and oxygen atoms in total. The number of benzene rings is 1. The molecule has 0 amide bonds. The van der Waals surface area contributed by atoms with Crippen molar-refractivity contribution in [3.05, 3.63) is 46.7 Å². The van der Waals surface area contributed by atoms with E-state index in [1.54, 1.807) is 0 Å². The molecular weight excluding hydrogens is 344 g/mol. The molecule has 2 saturated heterocycles. The summed E-state index contributed by atoms with van der Waals surface area (Å²) in [5.74, 6) is -0.611. The first kappa shape index (κ1) is 17.1. The fourth-order valence-corrected chi connectivity index (χ4v) is 6.55. The molecule has 0 aromatic heterocycles. The van der Waals surface area contributed by atoms with Gasteiger partial charge in [0.2, 0.25) is 0 Å². The number of methoxy groups -OCH3 is 1. The first-order valence-electron chi connectivity index (χ1n) is 9.59. The average molecular weight is 368 g/mol. The van der Waals surface area contributed by atoms with Crippen LogP contribution in [-0.2, 0) is 14.9 Å². The molecule has 142 valence electrons. The third-order valence-corrected chi connectivity index (χ3v) is 7.67. The molecule has 4 aliphatic rings. The van der Waals surface area contributed by atoms with E-state index in [0.717, 1.165) is 22.5 Å². The first-order valence-corrected chi connectivity index (χ1v) is 9.59. The second kappa shape index (κ2) is 5.28. The number of esters is 1. The van der Waals surface area contributed by atoms with E-state index in [9.17, 15) is 15.1 Å². The summed E-state index contributed by atoms with van der Waals surface area (Å²) in [7, 11) is 1.38. The summed E-state index contributed by atoms with van der Waals surface area (Å²) in [5.41, 5.74) is 1.62. The van der Waals surface area contributed by atoms with Crippen LogP contribution in [0, 0.1) is 16.5 Å². The van der Waals surface area contributed by atoms with E-state index in [0.29, 0.717) is 25.9 Å². The number of hydrogen-bond acceptors (Lipinski definition) is 5. The lowest BCUT2D eigenvalue weighted by Crippen LogP contribution is -2.78. The van der Waals surface area contributed by atoms with Crippen molar-refractivity contribution in [2.75, 3.05) is 26.8 Å². The number of allylic oxidation sites excluding steroid dienone is 1. The number of quaternary nitrogens is 1. The number of carbonyl (C=O) groups is 1. The molecule has 6 heteroatoms. The highest BCUT2D eigenvalue weighted by Gasteiger charge is 2.76. The van der Waals surface area contributed by atoms with Gasteiger partial charge in [-0.2, -0.15) is 0 Å². The van der Waals surface area contributed by atoms with E-state index < -0.39 is 16.8 Å². The molecule has 1 saturated carbocycles. The zero-order valence-corrected chi connectivity index (χ0v) is 15.6. The Morgan fingerprint density at radius 3 is 2.96 bits per heavy atom. The van der Waals surface area contributed by atoms with Crippen LogP contribution in [0.15, 0.2) is 40.9 Å². The Bertz CT molecular complexity index is 909. The van der Waals surface area contributed by atoms with E-state index in [4.69, 9.17) is 9.73 Å². The number of rotatable bonds is 2. The lowest BCUT2D eigenvalue weighted by molar-refractivity contribution is -0.901. The van der Waals surface area contributed by atoms with Gasteiger partial charge in [0.15, 0.2) is 0 Å². The Labute approximate surface area is 158 Å². The summed E-state index contributed by atoms with van der Waals surface area (Å²) >= 11 is 0. The zero-order chi connectivity index (χ0) is 19.0. The number of aliphatic hydroxyl groups excluding tert-OH is 1. The maximum atomic E-state index is 13.7. The van der Waals surface area contributed by atoms with Gasteiger partial charge in [0.25, 0.3) is 0 Å². The smallest absolute Gasteiger partial charge is 0.316 e. The molecular formula is C21H24N2O4. The van der Waals surface area contributed by atoms with Crippen LogP contribution in [0.3, 0.4) is 0 Å². The van der Waals surface area contributed by atoms with Crippen molar-refractivity contribution in [1.82, 2.24) is 0 Å². The summed E-state index contributed by atoms with van der Waals surface area (Å²) in [6.45, 7) is 2.37. The lowest BCUT2D eigenvalue weighted by Gasteiger charge is -2.68. The maximum Gasteiger partial charge on any atom is 0.316 e. The number of para-hydroxylation sites is 1. The molecule has 3 bridgehead atoms. The number of carbonyl (C=O) groups excluding carboxylic acids is 1. The third kappa shape index (κ3) is 1.68. The van der Waals surface area contributed by atoms with Gasteiger partial charge in [-0.05, 0) is 24.1 Å². The molecule has 1 aromatic carbocycles. The minimum Gasteiger partial charge on any atom is -0.632 e. The van der Waals surface area contributed by atoms with Crippen molar-refractivity contribution in [2.45, 2.75) is 31.2 Å². The van der Waals surface area contributed by atoms with Crippen LogP contribution < -0.4 is 0 Å². The van der Waals surface area contributed by atoms with E-state index in [1.807, 2.05) is 37.3 Å². The summed E-state index contributed by atoms with van der Waals surface area (Å²) in [4.78, 5) is 18.2. The van der Waals surface area contributed by atoms with Crippen LogP contribution in [0.5, 0.6) is 0 Å². The Morgan fingerprint density at radius 2 is 2.26 bits per heavy atom. The molecule has 3 fully saturated rings. The minimum atomic E-state index is -1.14. The second-order valence-electron chi connectivity index (χ2n) is 8.29. The van der Waals surface area contributed by atoms with Gasteiger partial charge in [0, 0.05) is 18.8 Å². The number of hydrogen-bond donors (Lipinski definition) is 1. The fourth-order valence-electron chi connectivity index (χ4n) is 6.55. The predicted molar refractivity (Wildman–Crippen MR) is 100 cm³/mol. The summed E-state index contributed by atoms with van der Waals surface area (Å²) in [6, 6.07) is 7.55. The summed E-state index contributed by atoms with van der Waals surface area (Å²) in [5, 5.41) is 24.5. The molecule has 3 heterocycles. The standard InChI is InChI=1S/C21H24N2O4/c1-3-13-11-23(26)9-8-20-14-6-4-5-7-16(14)22-18(20)17(23)10-15(13)21(20,12-24)19(25)27-2/h3-7,15,17,24H,8-12H2,1-2H3/b13-3-/t15-,17+,20-,21-,23?/m1/s1. The number of nitrogens with zero attached hydrogens (tertiary/aromatic N) is 2. The number of hydroxylamine groups is 3. The molecule has 0 spiro atoms. The van der Waals surface area contributed by atoms with Gasteiger partial charge in [-0.15, -0.1) is 0 Å². The highest BCUT2D eigenvalue weighted by molar-refractivity contribution is 6.10. The Hall–Kier alpha value is -2.02. The minimum absolute atomic E-state index is 0.212. The van der Waals surface area contributed by atoms with Gasteiger partial charge in [-0.25, -0.2) is 0 Å². The molecule has 5 rings (SSSR count). The van der Waals surface area contributed by atoms with E-state index in [-0.39, 0.29) is 23.2 Å². The zero-order valence-electron chi connectivity index (χ0n) is 15.6. The molecule has 3 aliphatic heterocycles. The quantitative estimate of drug-likeness (QED) is 0.376. The van der Waals surface area contributed by atoms with Gasteiger partial charge in [-0.1, -0.05) is 24.3 Å². The normalized spacial score (nSPS) is 42.5. The van der Waals surface area contributed by atoms with Crippen molar-refractivity contribution in [2.24, 2.45) is 16.3 Å². The predicted octanol–water partition coefficient (Wildman–Crippen LogP) is 2.23. The number of fused-ring (bicyclic) bond motifs is 2. The first-order chi connectivity index (χ1) is 13.0. The van der Waals surface area contributed by atoms with Crippen molar-refractivity contribution < 1.29 is 19.3 Å². The van der Waals surface area contributed by atoms with Gasteiger partial charge in [0.1, 0.15) is 18.0 Å². The van der Waals surface area contributed by atoms with Crippen LogP contribution >= 0.6 is 0 Å². The lowest BCUT2D eigenvalue weighted by atomic mass is 9.43. The van der Waals surface area contributed by atoms with Crippen LogP contribution in [-0.4, -0.2) is 54.3 Å². The van der Waals surface area contributed by atoms with Gasteiger partial charge in [-0.3, -0.25) is 9.79 Å². The van der Waals surface area contributed by atoms with E-state index in [1.165, 1.54) is 7.11 Å². The Morgan fingerprint density at radius 1 is 1.48 bits per heavy atom. The molecule has 0 radical (unpaired) electrons. The molecule has 1 aliphatic carbocycles. The largest absolute Gasteiger partial charge is 0.632 e. The van der Waals surface area contributed by atoms with Crippen molar-refractivity contribution in [1.29, 1.82) is 0 Å². The second-order valence-corrected chi connectivity index (χ2v) is 8.29. The van der Waals surface area contributed by atoms with Crippen LogP contribution in [0.2, 0.25) is 0 Å².